The number of ether oxygens (including phenoxy) is 3. The zero-order valence-corrected chi connectivity index (χ0v) is 39.7. The van der Waals surface area contributed by atoms with E-state index in [1.165, 1.54) is 173 Å². The van der Waals surface area contributed by atoms with Crippen LogP contribution in [0.4, 0.5) is 0 Å². The van der Waals surface area contributed by atoms with E-state index >= 15 is 0 Å². The number of hydrogen-bond donors (Lipinski definition) is 0. The van der Waals surface area contributed by atoms with Crippen LogP contribution in [-0.4, -0.2) is 37.2 Å². The van der Waals surface area contributed by atoms with Crippen LogP contribution in [0, 0.1) is 11.8 Å². The maximum absolute atomic E-state index is 12.8. The number of rotatable bonds is 46. The van der Waals surface area contributed by atoms with Crippen LogP contribution in [0.2, 0.25) is 0 Å². The second-order valence-corrected chi connectivity index (χ2v) is 18.5. The van der Waals surface area contributed by atoms with Crippen LogP contribution in [0.15, 0.2) is 0 Å². The molecule has 6 heteroatoms. The molecule has 0 radical (unpaired) electrons. The van der Waals surface area contributed by atoms with Crippen LogP contribution in [0.3, 0.4) is 0 Å². The van der Waals surface area contributed by atoms with E-state index in [1.54, 1.807) is 0 Å². The Morgan fingerprint density at radius 3 is 0.983 bits per heavy atom. The maximum Gasteiger partial charge on any atom is 0.306 e. The first kappa shape index (κ1) is 56.4. The third-order valence-corrected chi connectivity index (χ3v) is 12.1. The fraction of sp³-hybridized carbons (Fsp3) is 0.942. The highest BCUT2D eigenvalue weighted by atomic mass is 16.6. The van der Waals surface area contributed by atoms with Gasteiger partial charge >= 0.3 is 17.9 Å². The van der Waals surface area contributed by atoms with Gasteiger partial charge in [-0.25, -0.2) is 0 Å². The molecule has 0 aromatic heterocycles. The first-order chi connectivity index (χ1) is 28.3. The molecule has 0 fully saturated rings. The summed E-state index contributed by atoms with van der Waals surface area (Å²) in [5.41, 5.74) is 0. The molecular formula is C52H100O6. The Balaban J connectivity index is 4.33. The van der Waals surface area contributed by atoms with Crippen molar-refractivity contribution in [2.45, 2.75) is 291 Å². The van der Waals surface area contributed by atoms with Crippen molar-refractivity contribution in [2.24, 2.45) is 11.8 Å². The van der Waals surface area contributed by atoms with Crippen LogP contribution in [0.1, 0.15) is 285 Å². The van der Waals surface area contributed by atoms with Crippen molar-refractivity contribution in [3.05, 3.63) is 0 Å². The third-order valence-electron chi connectivity index (χ3n) is 12.1. The topological polar surface area (TPSA) is 78.9 Å². The fourth-order valence-corrected chi connectivity index (χ4v) is 7.78. The van der Waals surface area contributed by atoms with Gasteiger partial charge in [-0.3, -0.25) is 14.4 Å². The Labute approximate surface area is 361 Å². The van der Waals surface area contributed by atoms with Gasteiger partial charge in [0.25, 0.3) is 0 Å². The highest BCUT2D eigenvalue weighted by Gasteiger charge is 2.19. The standard InChI is InChI=1S/C52H100O6/c1-6-8-9-10-11-12-13-14-15-16-23-29-34-39-44-52(55)58-49(46-57-51(54)43-38-33-28-24-19-20-25-30-35-40-47(3)4)45-56-50(53)42-37-32-27-22-18-17-21-26-31-36-41-48(5)7-2/h47-49H,6-46H2,1-5H3/t48?,49-/m1/s1. The van der Waals surface area contributed by atoms with Crippen molar-refractivity contribution in [3.63, 3.8) is 0 Å². The van der Waals surface area contributed by atoms with Gasteiger partial charge in [-0.2, -0.15) is 0 Å². The van der Waals surface area contributed by atoms with E-state index in [0.29, 0.717) is 19.3 Å². The van der Waals surface area contributed by atoms with E-state index in [9.17, 15) is 14.4 Å². The van der Waals surface area contributed by atoms with Gasteiger partial charge < -0.3 is 14.2 Å². The van der Waals surface area contributed by atoms with Crippen LogP contribution in [0.5, 0.6) is 0 Å². The molecule has 58 heavy (non-hydrogen) atoms. The van der Waals surface area contributed by atoms with Crippen molar-refractivity contribution in [1.29, 1.82) is 0 Å². The normalized spacial score (nSPS) is 12.5. The molecule has 0 aromatic carbocycles. The minimum absolute atomic E-state index is 0.0641. The molecule has 344 valence electrons. The maximum atomic E-state index is 12.8. The lowest BCUT2D eigenvalue weighted by Crippen LogP contribution is -2.30. The molecule has 0 spiro atoms. The zero-order valence-electron chi connectivity index (χ0n) is 39.7. The van der Waals surface area contributed by atoms with E-state index in [4.69, 9.17) is 14.2 Å². The lowest BCUT2D eigenvalue weighted by Gasteiger charge is -2.18. The molecular weight excluding hydrogens is 721 g/mol. The van der Waals surface area contributed by atoms with Gasteiger partial charge in [0.2, 0.25) is 0 Å². The molecule has 6 nitrogen and oxygen atoms in total. The highest BCUT2D eigenvalue weighted by molar-refractivity contribution is 5.71. The summed E-state index contributed by atoms with van der Waals surface area (Å²) >= 11 is 0. The quantitative estimate of drug-likeness (QED) is 0.0346. The average molecular weight is 821 g/mol. The molecule has 0 saturated carbocycles. The summed E-state index contributed by atoms with van der Waals surface area (Å²) in [7, 11) is 0. The molecule has 0 heterocycles. The van der Waals surface area contributed by atoms with Crippen LogP contribution in [0.25, 0.3) is 0 Å². The van der Waals surface area contributed by atoms with Gasteiger partial charge in [-0.05, 0) is 31.1 Å². The van der Waals surface area contributed by atoms with E-state index in [0.717, 1.165) is 69.6 Å². The van der Waals surface area contributed by atoms with Gasteiger partial charge in [0, 0.05) is 19.3 Å². The minimum atomic E-state index is -0.761. The summed E-state index contributed by atoms with van der Waals surface area (Å²) in [5.74, 6) is 0.829. The van der Waals surface area contributed by atoms with Gasteiger partial charge in [0.15, 0.2) is 6.10 Å². The molecule has 0 N–H and O–H groups in total. The van der Waals surface area contributed by atoms with Crippen LogP contribution < -0.4 is 0 Å². The molecule has 0 aliphatic rings. The fourth-order valence-electron chi connectivity index (χ4n) is 7.78. The SMILES string of the molecule is CCCCCCCCCCCCCCCCC(=O)O[C@H](COC(=O)CCCCCCCCCCCCC(C)CC)COC(=O)CCCCCCCCCCCC(C)C. The Morgan fingerprint density at radius 2 is 0.655 bits per heavy atom. The molecule has 0 saturated heterocycles. The predicted molar refractivity (Wildman–Crippen MR) is 247 cm³/mol. The number of carbonyl (C=O) groups excluding carboxylic acids is 3. The number of carbonyl (C=O) groups is 3. The summed E-state index contributed by atoms with van der Waals surface area (Å²) < 4.78 is 16.8. The first-order valence-corrected chi connectivity index (χ1v) is 25.8. The highest BCUT2D eigenvalue weighted by Crippen LogP contribution is 2.18. The number of esters is 3. The van der Waals surface area contributed by atoms with E-state index < -0.39 is 6.10 Å². The van der Waals surface area contributed by atoms with Crippen LogP contribution >= 0.6 is 0 Å². The van der Waals surface area contributed by atoms with Crippen molar-refractivity contribution < 1.29 is 28.6 Å². The summed E-state index contributed by atoms with van der Waals surface area (Å²) in [6.45, 7) is 11.4. The Bertz CT molecular complexity index is 887. The average Bonchev–Trinajstić information content (AvgIpc) is 3.21. The second-order valence-electron chi connectivity index (χ2n) is 18.5. The summed E-state index contributed by atoms with van der Waals surface area (Å²) in [6.07, 6.45) is 45.1. The predicted octanol–water partition coefficient (Wildman–Crippen LogP) is 16.5. The largest absolute Gasteiger partial charge is 0.462 e. The molecule has 0 bridgehead atoms. The molecule has 2 atom stereocenters. The first-order valence-electron chi connectivity index (χ1n) is 25.8. The molecule has 0 aliphatic heterocycles. The smallest absolute Gasteiger partial charge is 0.306 e. The Kier molecular flexibility index (Phi) is 43.7. The molecule has 1 unspecified atom stereocenters. The number of hydrogen-bond acceptors (Lipinski definition) is 6. The molecule has 0 aromatic rings. The second kappa shape index (κ2) is 44.9. The van der Waals surface area contributed by atoms with Crippen LogP contribution in [-0.2, 0) is 28.6 Å². The Hall–Kier alpha value is -1.59. The van der Waals surface area contributed by atoms with Gasteiger partial charge in [-0.1, -0.05) is 247 Å². The van der Waals surface area contributed by atoms with Crippen molar-refractivity contribution in [2.75, 3.05) is 13.2 Å². The third kappa shape index (κ3) is 44.0. The van der Waals surface area contributed by atoms with E-state index in [1.807, 2.05) is 0 Å². The lowest BCUT2D eigenvalue weighted by atomic mass is 9.99. The van der Waals surface area contributed by atoms with Crippen molar-refractivity contribution in [3.8, 4) is 0 Å². The summed E-state index contributed by atoms with van der Waals surface area (Å²) in [6, 6.07) is 0. The van der Waals surface area contributed by atoms with Gasteiger partial charge in [0.1, 0.15) is 13.2 Å². The lowest BCUT2D eigenvalue weighted by molar-refractivity contribution is -0.167. The summed E-state index contributed by atoms with van der Waals surface area (Å²) in [5, 5.41) is 0. The van der Waals surface area contributed by atoms with Crippen molar-refractivity contribution in [1.82, 2.24) is 0 Å². The number of unbranched alkanes of at least 4 members (excludes halogenated alkanes) is 30. The van der Waals surface area contributed by atoms with Gasteiger partial charge in [0.05, 0.1) is 0 Å². The van der Waals surface area contributed by atoms with E-state index in [2.05, 4.69) is 34.6 Å². The monoisotopic (exact) mass is 821 g/mol. The van der Waals surface area contributed by atoms with E-state index in [-0.39, 0.29) is 31.1 Å². The van der Waals surface area contributed by atoms with Gasteiger partial charge in [-0.15, -0.1) is 0 Å². The molecule has 0 amide bonds. The minimum Gasteiger partial charge on any atom is -0.462 e. The molecule has 0 aliphatic carbocycles. The molecule has 0 rings (SSSR count). The summed E-state index contributed by atoms with van der Waals surface area (Å²) in [4.78, 5) is 37.9. The zero-order chi connectivity index (χ0) is 42.6. The Morgan fingerprint density at radius 1 is 0.362 bits per heavy atom. The van der Waals surface area contributed by atoms with Crippen molar-refractivity contribution >= 4 is 17.9 Å².